The van der Waals surface area contributed by atoms with Gasteiger partial charge in [0.25, 0.3) is 5.91 Å². The molecule has 3 N–H and O–H groups in total. The highest BCUT2D eigenvalue weighted by Crippen LogP contribution is 2.05. The largest absolute Gasteiger partial charge is 0.301 e. The Labute approximate surface area is 108 Å². The third-order valence-corrected chi connectivity index (χ3v) is 2.69. The van der Waals surface area contributed by atoms with Crippen LogP contribution >= 0.6 is 0 Å². The molecule has 0 fully saturated rings. The van der Waals surface area contributed by atoms with Gasteiger partial charge in [-0.05, 0) is 38.1 Å². The number of nitrogen functional groups attached to an aromatic ring is 1. The van der Waals surface area contributed by atoms with Crippen LogP contribution in [-0.2, 0) is 6.54 Å². The van der Waals surface area contributed by atoms with Crippen LogP contribution in [0.2, 0.25) is 0 Å². The van der Waals surface area contributed by atoms with E-state index < -0.39 is 0 Å². The lowest BCUT2D eigenvalue weighted by Gasteiger charge is -2.17. The fraction of sp³-hybridized carbons (Fsp3) is 0.538. The molecule has 0 spiro atoms. The molecule has 0 aliphatic carbocycles. The molecule has 0 saturated heterocycles. The van der Waals surface area contributed by atoms with Crippen molar-refractivity contribution < 1.29 is 4.79 Å². The lowest BCUT2D eigenvalue weighted by Crippen LogP contribution is -2.31. The van der Waals surface area contributed by atoms with E-state index in [1.54, 1.807) is 6.07 Å². The van der Waals surface area contributed by atoms with Gasteiger partial charge < -0.3 is 4.90 Å². The van der Waals surface area contributed by atoms with Crippen LogP contribution in [0.25, 0.3) is 0 Å². The van der Waals surface area contributed by atoms with Crippen molar-refractivity contribution in [2.45, 2.75) is 26.8 Å². The Morgan fingerprint density at radius 1 is 1.50 bits per heavy atom. The van der Waals surface area contributed by atoms with Gasteiger partial charge >= 0.3 is 0 Å². The van der Waals surface area contributed by atoms with Gasteiger partial charge in [-0.2, -0.15) is 0 Å². The van der Waals surface area contributed by atoms with E-state index in [1.165, 1.54) is 0 Å². The third-order valence-electron chi connectivity index (χ3n) is 2.69. The number of hydrazine groups is 1. The summed E-state index contributed by atoms with van der Waals surface area (Å²) in [5.74, 6) is 5.42. The second-order valence-corrected chi connectivity index (χ2v) is 4.91. The Balaban J connectivity index is 2.59. The summed E-state index contributed by atoms with van der Waals surface area (Å²) in [5, 5.41) is 0. The Hall–Kier alpha value is -1.46. The molecule has 0 unspecified atom stereocenters. The van der Waals surface area contributed by atoms with Crippen LogP contribution in [0.5, 0.6) is 0 Å². The maximum absolute atomic E-state index is 11.4. The zero-order valence-electron chi connectivity index (χ0n) is 11.3. The number of nitrogens with zero attached hydrogens (tertiary/aromatic N) is 2. The molecular formula is C13H22N4O. The predicted octanol–water partition coefficient (Wildman–Crippen LogP) is 1.16. The van der Waals surface area contributed by atoms with Crippen molar-refractivity contribution in [2.24, 2.45) is 11.8 Å². The summed E-state index contributed by atoms with van der Waals surface area (Å²) in [6.45, 7) is 6.17. The standard InChI is InChI=1S/C13H22N4O/c1-10(2)7-8-17(3)9-11-5-4-6-12(15-11)13(18)16-14/h4-6,10H,7-9,14H2,1-3H3,(H,16,18). The van der Waals surface area contributed by atoms with Gasteiger partial charge in [0, 0.05) is 6.54 Å². The summed E-state index contributed by atoms with van der Waals surface area (Å²) in [5.41, 5.74) is 3.32. The summed E-state index contributed by atoms with van der Waals surface area (Å²) in [6.07, 6.45) is 1.15. The molecule has 0 bridgehead atoms. The first kappa shape index (κ1) is 14.6. The van der Waals surface area contributed by atoms with Gasteiger partial charge in [0.2, 0.25) is 0 Å². The lowest BCUT2D eigenvalue weighted by atomic mass is 10.1. The Morgan fingerprint density at radius 3 is 2.83 bits per heavy atom. The van der Waals surface area contributed by atoms with Crippen LogP contribution in [0.4, 0.5) is 0 Å². The zero-order valence-corrected chi connectivity index (χ0v) is 11.3. The summed E-state index contributed by atoms with van der Waals surface area (Å²) < 4.78 is 0. The molecule has 1 heterocycles. The molecule has 1 aromatic rings. The van der Waals surface area contributed by atoms with E-state index >= 15 is 0 Å². The van der Waals surface area contributed by atoms with Crippen molar-refractivity contribution in [1.82, 2.24) is 15.3 Å². The first-order valence-electron chi connectivity index (χ1n) is 6.18. The first-order chi connectivity index (χ1) is 8.52. The summed E-state index contributed by atoms with van der Waals surface area (Å²) in [4.78, 5) is 17.8. The summed E-state index contributed by atoms with van der Waals surface area (Å²) in [7, 11) is 2.06. The number of nitrogens with two attached hydrogens (primary N) is 1. The fourth-order valence-electron chi connectivity index (χ4n) is 1.60. The maximum Gasteiger partial charge on any atom is 0.283 e. The fourth-order valence-corrected chi connectivity index (χ4v) is 1.60. The molecule has 1 rings (SSSR count). The van der Waals surface area contributed by atoms with Crippen LogP contribution in [0.15, 0.2) is 18.2 Å². The van der Waals surface area contributed by atoms with Crippen molar-refractivity contribution in [1.29, 1.82) is 0 Å². The number of pyridine rings is 1. The van der Waals surface area contributed by atoms with E-state index in [2.05, 4.69) is 36.2 Å². The quantitative estimate of drug-likeness (QED) is 0.451. The number of amides is 1. The number of carbonyl (C=O) groups is 1. The third kappa shape index (κ3) is 4.81. The van der Waals surface area contributed by atoms with E-state index in [0.29, 0.717) is 11.6 Å². The highest BCUT2D eigenvalue weighted by molar-refractivity contribution is 5.91. The normalized spacial score (nSPS) is 11.0. The number of hydrogen-bond acceptors (Lipinski definition) is 4. The van der Waals surface area contributed by atoms with Crippen LogP contribution in [0, 0.1) is 5.92 Å². The van der Waals surface area contributed by atoms with Gasteiger partial charge in [0.05, 0.1) is 5.69 Å². The number of carbonyl (C=O) groups excluding carboxylic acids is 1. The number of nitrogens with one attached hydrogen (secondary N) is 1. The van der Waals surface area contributed by atoms with Crippen LogP contribution in [-0.4, -0.2) is 29.4 Å². The van der Waals surface area contributed by atoms with Crippen LogP contribution in [0.3, 0.4) is 0 Å². The molecule has 0 atom stereocenters. The lowest BCUT2D eigenvalue weighted by molar-refractivity contribution is 0.0948. The van der Waals surface area contributed by atoms with Gasteiger partial charge in [-0.15, -0.1) is 0 Å². The second-order valence-electron chi connectivity index (χ2n) is 4.91. The molecule has 0 aliphatic rings. The van der Waals surface area contributed by atoms with E-state index in [1.807, 2.05) is 12.1 Å². The van der Waals surface area contributed by atoms with Gasteiger partial charge in [0.15, 0.2) is 0 Å². The Morgan fingerprint density at radius 2 is 2.22 bits per heavy atom. The minimum atomic E-state index is -0.360. The van der Waals surface area contributed by atoms with E-state index in [9.17, 15) is 4.79 Å². The Kier molecular flexibility index (Phi) is 5.74. The average molecular weight is 250 g/mol. The average Bonchev–Trinajstić information content (AvgIpc) is 2.35. The van der Waals surface area contributed by atoms with Crippen molar-refractivity contribution in [3.63, 3.8) is 0 Å². The smallest absolute Gasteiger partial charge is 0.283 e. The number of aromatic nitrogens is 1. The Bertz CT molecular complexity index is 392. The monoisotopic (exact) mass is 250 g/mol. The molecule has 100 valence electrons. The molecule has 1 amide bonds. The van der Waals surface area contributed by atoms with Gasteiger partial charge in [0.1, 0.15) is 5.69 Å². The molecule has 5 nitrogen and oxygen atoms in total. The van der Waals surface area contributed by atoms with E-state index in [0.717, 1.165) is 25.2 Å². The molecule has 0 aromatic carbocycles. The van der Waals surface area contributed by atoms with Crippen molar-refractivity contribution in [3.05, 3.63) is 29.6 Å². The van der Waals surface area contributed by atoms with Crippen LogP contribution in [0.1, 0.15) is 36.5 Å². The minimum Gasteiger partial charge on any atom is -0.301 e. The topological polar surface area (TPSA) is 71.2 Å². The van der Waals surface area contributed by atoms with Crippen molar-refractivity contribution in [3.8, 4) is 0 Å². The van der Waals surface area contributed by atoms with Gasteiger partial charge in [-0.3, -0.25) is 10.2 Å². The van der Waals surface area contributed by atoms with Crippen molar-refractivity contribution in [2.75, 3.05) is 13.6 Å². The first-order valence-corrected chi connectivity index (χ1v) is 6.18. The zero-order chi connectivity index (χ0) is 13.5. The van der Waals surface area contributed by atoms with Gasteiger partial charge in [-0.1, -0.05) is 19.9 Å². The molecule has 18 heavy (non-hydrogen) atoms. The highest BCUT2D eigenvalue weighted by atomic mass is 16.2. The maximum atomic E-state index is 11.4. The molecule has 0 radical (unpaired) electrons. The second kappa shape index (κ2) is 7.08. The number of hydrogen-bond donors (Lipinski definition) is 2. The highest BCUT2D eigenvalue weighted by Gasteiger charge is 2.07. The van der Waals surface area contributed by atoms with E-state index in [4.69, 9.17) is 5.84 Å². The summed E-state index contributed by atoms with van der Waals surface area (Å²) >= 11 is 0. The predicted molar refractivity (Wildman–Crippen MR) is 71.7 cm³/mol. The SMILES string of the molecule is CC(C)CCN(C)Cc1cccc(C(=O)NN)n1. The molecule has 1 aromatic heterocycles. The molecule has 5 heteroatoms. The minimum absolute atomic E-state index is 0.354. The van der Waals surface area contributed by atoms with Crippen molar-refractivity contribution >= 4 is 5.91 Å². The molecule has 0 saturated carbocycles. The molecular weight excluding hydrogens is 228 g/mol. The van der Waals surface area contributed by atoms with Crippen LogP contribution < -0.4 is 11.3 Å². The molecule has 0 aliphatic heterocycles. The van der Waals surface area contributed by atoms with E-state index in [-0.39, 0.29) is 5.91 Å². The summed E-state index contributed by atoms with van der Waals surface area (Å²) in [6, 6.07) is 5.39. The number of rotatable bonds is 6. The van der Waals surface area contributed by atoms with Gasteiger partial charge in [-0.25, -0.2) is 10.8 Å².